The molecule has 2 heterocycles. The Labute approximate surface area is 229 Å². The zero-order valence-corrected chi connectivity index (χ0v) is 22.5. The van der Waals surface area contributed by atoms with Gasteiger partial charge in [0.2, 0.25) is 5.91 Å². The van der Waals surface area contributed by atoms with E-state index in [1.165, 1.54) is 13.3 Å². The van der Waals surface area contributed by atoms with Crippen LogP contribution in [-0.4, -0.2) is 66.8 Å². The number of alkyl halides is 3. The summed E-state index contributed by atoms with van der Waals surface area (Å²) in [6.45, 7) is 4.41. The van der Waals surface area contributed by atoms with E-state index in [-0.39, 0.29) is 17.4 Å². The van der Waals surface area contributed by atoms with Gasteiger partial charge in [0.15, 0.2) is 0 Å². The number of amides is 1. The average molecular weight is 555 g/mol. The number of likely N-dealkylation sites (N-methyl/N-ethyl adjacent to an activating group) is 2. The zero-order chi connectivity index (χ0) is 29.0. The molecule has 9 nitrogen and oxygen atoms in total. The predicted molar refractivity (Wildman–Crippen MR) is 148 cm³/mol. The maximum Gasteiger partial charge on any atom is 0.420 e. The number of para-hydroxylation sites is 1. The van der Waals surface area contributed by atoms with Gasteiger partial charge in [0.25, 0.3) is 0 Å². The van der Waals surface area contributed by atoms with Crippen molar-refractivity contribution in [3.8, 4) is 23.0 Å². The molecule has 1 amide bonds. The molecule has 210 valence electrons. The van der Waals surface area contributed by atoms with Crippen molar-refractivity contribution in [1.82, 2.24) is 19.6 Å². The van der Waals surface area contributed by atoms with Crippen molar-refractivity contribution < 1.29 is 27.5 Å². The number of nitrogens with zero attached hydrogens (tertiary/aromatic N) is 5. The fourth-order valence-corrected chi connectivity index (χ4v) is 4.09. The number of rotatable bonds is 10. The minimum Gasteiger partial charge on any atom is -0.424 e. The lowest BCUT2D eigenvalue weighted by Crippen LogP contribution is -2.29. The van der Waals surface area contributed by atoms with Gasteiger partial charge in [0.05, 0.1) is 28.8 Å². The maximum absolute atomic E-state index is 14.3. The molecule has 0 saturated heterocycles. The average Bonchev–Trinajstić information content (AvgIpc) is 3.30. The summed E-state index contributed by atoms with van der Waals surface area (Å²) >= 11 is 0. The molecular formula is C28H29F3N6O3. The third-order valence-electron chi connectivity index (χ3n) is 6.13. The Morgan fingerprint density at radius 2 is 1.90 bits per heavy atom. The molecule has 0 aliphatic heterocycles. The summed E-state index contributed by atoms with van der Waals surface area (Å²) < 4.78 is 50.0. The van der Waals surface area contributed by atoms with Gasteiger partial charge in [-0.1, -0.05) is 24.8 Å². The van der Waals surface area contributed by atoms with Crippen molar-refractivity contribution in [3.05, 3.63) is 73.1 Å². The number of halogens is 3. The number of hydrogen-bond donors (Lipinski definition) is 1. The van der Waals surface area contributed by atoms with Gasteiger partial charge in [-0.3, -0.25) is 4.79 Å². The summed E-state index contributed by atoms with van der Waals surface area (Å²) in [6.07, 6.45) is -0.616. The van der Waals surface area contributed by atoms with Crippen LogP contribution in [0.2, 0.25) is 0 Å². The van der Waals surface area contributed by atoms with Crippen molar-refractivity contribution >= 4 is 28.2 Å². The predicted octanol–water partition coefficient (Wildman–Crippen LogP) is 5.09. The quantitative estimate of drug-likeness (QED) is 0.274. The second-order valence-electron chi connectivity index (χ2n) is 9.18. The third kappa shape index (κ3) is 6.18. The zero-order valence-electron chi connectivity index (χ0n) is 22.5. The van der Waals surface area contributed by atoms with Crippen LogP contribution in [-0.2, 0) is 11.0 Å². The molecule has 0 aliphatic carbocycles. The SMILES string of the molecule is C=CC(=O)Nc1cc(Oc2nccc(-c3cn(OC)c4ccccc34)n2)c(C(F)(F)F)cc1N(C)CCN(C)C. The lowest BCUT2D eigenvalue weighted by molar-refractivity contribution is -0.138. The highest BCUT2D eigenvalue weighted by atomic mass is 19.4. The lowest BCUT2D eigenvalue weighted by atomic mass is 10.1. The number of anilines is 2. The number of carbonyl (C=O) groups is 1. The summed E-state index contributed by atoms with van der Waals surface area (Å²) in [7, 11) is 6.88. The molecule has 0 radical (unpaired) electrons. The first-order valence-corrected chi connectivity index (χ1v) is 12.2. The summed E-state index contributed by atoms with van der Waals surface area (Å²) in [4.78, 5) is 29.5. The van der Waals surface area contributed by atoms with Crippen LogP contribution < -0.4 is 19.8 Å². The Bertz CT molecular complexity index is 1530. The van der Waals surface area contributed by atoms with Gasteiger partial charge in [-0.25, -0.2) is 4.98 Å². The summed E-state index contributed by atoms with van der Waals surface area (Å²) in [6, 6.07) is 10.9. The van der Waals surface area contributed by atoms with Crippen molar-refractivity contribution in [1.29, 1.82) is 0 Å². The van der Waals surface area contributed by atoms with E-state index in [2.05, 4.69) is 21.9 Å². The van der Waals surface area contributed by atoms with Crippen LogP contribution >= 0.6 is 0 Å². The minimum atomic E-state index is -4.77. The number of hydrogen-bond acceptors (Lipinski definition) is 7. The van der Waals surface area contributed by atoms with Crippen molar-refractivity contribution in [2.45, 2.75) is 6.18 Å². The van der Waals surface area contributed by atoms with E-state index < -0.39 is 23.4 Å². The van der Waals surface area contributed by atoms with Crippen molar-refractivity contribution in [2.75, 3.05) is 51.6 Å². The Balaban J connectivity index is 1.78. The highest BCUT2D eigenvalue weighted by Crippen LogP contribution is 2.43. The Morgan fingerprint density at radius 3 is 2.58 bits per heavy atom. The first-order valence-electron chi connectivity index (χ1n) is 12.2. The smallest absolute Gasteiger partial charge is 0.420 e. The Morgan fingerprint density at radius 1 is 1.15 bits per heavy atom. The van der Waals surface area contributed by atoms with E-state index in [4.69, 9.17) is 9.57 Å². The second-order valence-corrected chi connectivity index (χ2v) is 9.18. The molecule has 4 rings (SSSR count). The molecule has 40 heavy (non-hydrogen) atoms. The molecule has 0 atom stereocenters. The fourth-order valence-electron chi connectivity index (χ4n) is 4.09. The van der Waals surface area contributed by atoms with Crippen LogP contribution in [0.15, 0.2) is 67.5 Å². The van der Waals surface area contributed by atoms with Crippen molar-refractivity contribution in [3.63, 3.8) is 0 Å². The molecule has 0 unspecified atom stereocenters. The summed E-state index contributed by atoms with van der Waals surface area (Å²) in [5.74, 6) is -1.14. The number of aromatic nitrogens is 3. The minimum absolute atomic E-state index is 0.119. The van der Waals surface area contributed by atoms with Gasteiger partial charge in [-0.15, -0.1) is 0 Å². The second kappa shape index (κ2) is 11.7. The molecule has 2 aromatic heterocycles. The van der Waals surface area contributed by atoms with Gasteiger partial charge >= 0.3 is 12.2 Å². The van der Waals surface area contributed by atoms with Gasteiger partial charge in [-0.05, 0) is 38.4 Å². The molecule has 0 fully saturated rings. The van der Waals surface area contributed by atoms with E-state index in [0.717, 1.165) is 29.1 Å². The number of nitrogens with one attached hydrogen (secondary N) is 1. The normalized spacial score (nSPS) is 11.5. The molecule has 0 bridgehead atoms. The van der Waals surface area contributed by atoms with Crippen LogP contribution in [0.1, 0.15) is 5.56 Å². The first kappa shape index (κ1) is 28.4. The molecule has 12 heteroatoms. The molecule has 2 aromatic carbocycles. The van der Waals surface area contributed by atoms with Crippen LogP contribution in [0, 0.1) is 0 Å². The third-order valence-corrected chi connectivity index (χ3v) is 6.13. The number of carbonyl (C=O) groups excluding carboxylic acids is 1. The molecule has 0 saturated carbocycles. The molecular weight excluding hydrogens is 525 g/mol. The van der Waals surface area contributed by atoms with E-state index in [1.54, 1.807) is 28.9 Å². The highest BCUT2D eigenvalue weighted by Gasteiger charge is 2.36. The van der Waals surface area contributed by atoms with Crippen LogP contribution in [0.4, 0.5) is 24.5 Å². The van der Waals surface area contributed by atoms with Crippen LogP contribution in [0.3, 0.4) is 0 Å². The summed E-state index contributed by atoms with van der Waals surface area (Å²) in [5, 5.41) is 3.41. The van der Waals surface area contributed by atoms with Crippen molar-refractivity contribution in [2.24, 2.45) is 0 Å². The number of fused-ring (bicyclic) bond motifs is 1. The molecule has 0 spiro atoms. The van der Waals surface area contributed by atoms with Gasteiger partial charge in [-0.2, -0.15) is 22.9 Å². The van der Waals surface area contributed by atoms with E-state index in [0.29, 0.717) is 24.3 Å². The highest BCUT2D eigenvalue weighted by molar-refractivity contribution is 6.01. The standard InChI is InChI=1S/C28H29F3N6O3/c1-6-26(38)33-22-16-25(20(28(29,30)31)15-24(22)36(4)14-13-35(2)3)40-27-32-12-11-21(34-27)19-17-37(39-5)23-10-8-7-9-18(19)23/h6-12,15-17H,1,13-14H2,2-5H3,(H,33,38). The molecule has 0 aliphatic rings. The first-order chi connectivity index (χ1) is 19.0. The fraction of sp³-hybridized carbons (Fsp3) is 0.250. The number of benzene rings is 2. The van der Waals surface area contributed by atoms with E-state index in [9.17, 15) is 18.0 Å². The monoisotopic (exact) mass is 554 g/mol. The maximum atomic E-state index is 14.3. The largest absolute Gasteiger partial charge is 0.424 e. The molecule has 1 N–H and O–H groups in total. The van der Waals surface area contributed by atoms with Crippen LogP contribution in [0.25, 0.3) is 22.2 Å². The molecule has 4 aromatic rings. The summed E-state index contributed by atoms with van der Waals surface area (Å²) in [5.41, 5.74) is 1.13. The Hall–Kier alpha value is -4.58. The number of ether oxygens (including phenoxy) is 1. The Kier molecular flexibility index (Phi) is 8.29. The lowest BCUT2D eigenvalue weighted by Gasteiger charge is -2.26. The van der Waals surface area contributed by atoms with Crippen LogP contribution in [0.5, 0.6) is 11.8 Å². The van der Waals surface area contributed by atoms with Gasteiger partial charge in [0.1, 0.15) is 18.4 Å². The van der Waals surface area contributed by atoms with E-state index >= 15 is 0 Å². The van der Waals surface area contributed by atoms with Gasteiger partial charge < -0.3 is 24.7 Å². The van der Waals surface area contributed by atoms with Gasteiger partial charge in [0, 0.05) is 43.4 Å². The van der Waals surface area contributed by atoms with E-state index in [1.807, 2.05) is 43.3 Å². The topological polar surface area (TPSA) is 84.7 Å².